The minimum Gasteiger partial charge on any atom is -0.452 e. The van der Waals surface area contributed by atoms with Gasteiger partial charge in [-0.2, -0.15) is 5.10 Å². The number of esters is 1. The summed E-state index contributed by atoms with van der Waals surface area (Å²) >= 11 is 0. The number of sulfone groups is 1. The number of hydrogen-bond donors (Lipinski definition) is 2. The number of imide groups is 1. The van der Waals surface area contributed by atoms with E-state index in [4.69, 9.17) is 9.72 Å². The van der Waals surface area contributed by atoms with Gasteiger partial charge in [-0.05, 0) is 38.7 Å². The van der Waals surface area contributed by atoms with Crippen LogP contribution in [0.5, 0.6) is 0 Å². The third-order valence-corrected chi connectivity index (χ3v) is 7.50. The first-order valence-electron chi connectivity index (χ1n) is 11.0. The molecule has 3 amide bonds. The Morgan fingerprint density at radius 2 is 2.00 bits per heavy atom. The number of ether oxygens (including phenoxy) is 1. The van der Waals surface area contributed by atoms with E-state index in [1.54, 1.807) is 17.7 Å². The van der Waals surface area contributed by atoms with Crippen LogP contribution >= 0.6 is 0 Å². The Balaban J connectivity index is 1.58. The van der Waals surface area contributed by atoms with Gasteiger partial charge in [0.15, 0.2) is 22.1 Å². The Morgan fingerprint density at radius 3 is 2.64 bits per heavy atom. The molecule has 0 bridgehead atoms. The molecule has 33 heavy (non-hydrogen) atoms. The van der Waals surface area contributed by atoms with E-state index in [-0.39, 0.29) is 29.0 Å². The minimum absolute atomic E-state index is 0.0153. The second kappa shape index (κ2) is 9.08. The smallest absolute Gasteiger partial charge is 0.339 e. The number of aromatic nitrogens is 3. The van der Waals surface area contributed by atoms with Crippen LogP contribution in [0.4, 0.5) is 4.79 Å². The highest BCUT2D eigenvalue weighted by molar-refractivity contribution is 7.91. The summed E-state index contributed by atoms with van der Waals surface area (Å²) in [4.78, 5) is 41.2. The number of urea groups is 1. The standard InChI is InChI=1S/C21H27N5O6S/c1-3-7-22-21(29)24-17(27)10-32-20(28)15-9-16(13-4-5-13)23-19-18(15)12(2)25-26(19)14-6-8-33(30,31)11-14/h9,13-14H,3-8,10-11H2,1-2H3,(H2,22,24,27,29). The van der Waals surface area contributed by atoms with Crippen molar-refractivity contribution in [3.63, 3.8) is 0 Å². The number of aryl methyl sites for hydroxylation is 1. The second-order valence-corrected chi connectivity index (χ2v) is 10.8. The zero-order valence-electron chi connectivity index (χ0n) is 18.6. The third kappa shape index (κ3) is 5.15. The Bertz CT molecular complexity index is 1220. The van der Waals surface area contributed by atoms with Crippen molar-refractivity contribution in [3.8, 4) is 0 Å². The molecule has 12 heteroatoms. The first-order chi connectivity index (χ1) is 15.7. The Labute approximate surface area is 191 Å². The van der Waals surface area contributed by atoms with Crippen LogP contribution in [0.3, 0.4) is 0 Å². The molecule has 2 fully saturated rings. The van der Waals surface area contributed by atoms with Gasteiger partial charge >= 0.3 is 12.0 Å². The molecule has 2 N–H and O–H groups in total. The van der Waals surface area contributed by atoms with Gasteiger partial charge in [0.1, 0.15) is 0 Å². The van der Waals surface area contributed by atoms with Crippen molar-refractivity contribution in [2.45, 2.75) is 51.5 Å². The molecule has 178 valence electrons. The van der Waals surface area contributed by atoms with Gasteiger partial charge in [0.2, 0.25) is 0 Å². The van der Waals surface area contributed by atoms with Crippen LogP contribution in [0.2, 0.25) is 0 Å². The highest BCUT2D eigenvalue weighted by atomic mass is 32.2. The van der Waals surface area contributed by atoms with Crippen LogP contribution in [0, 0.1) is 6.92 Å². The Kier molecular flexibility index (Phi) is 6.37. The molecule has 2 aromatic rings. The number of carbonyl (C=O) groups is 3. The molecule has 1 saturated carbocycles. The van der Waals surface area contributed by atoms with Crippen molar-refractivity contribution in [1.29, 1.82) is 0 Å². The molecule has 1 unspecified atom stereocenters. The van der Waals surface area contributed by atoms with E-state index in [1.807, 2.05) is 6.92 Å². The number of pyridine rings is 1. The van der Waals surface area contributed by atoms with Crippen LogP contribution in [0.1, 0.15) is 66.3 Å². The summed E-state index contributed by atoms with van der Waals surface area (Å²) in [6.45, 7) is 3.41. The van der Waals surface area contributed by atoms with Crippen molar-refractivity contribution in [3.05, 3.63) is 23.0 Å². The van der Waals surface area contributed by atoms with Gasteiger partial charge in [0.05, 0.1) is 34.2 Å². The first kappa shape index (κ1) is 23.1. The summed E-state index contributed by atoms with van der Waals surface area (Å²) in [6, 6.07) is 0.673. The molecule has 2 aromatic heterocycles. The van der Waals surface area contributed by atoms with Crippen LogP contribution in [0.25, 0.3) is 11.0 Å². The van der Waals surface area contributed by atoms with Crippen molar-refractivity contribution < 1.29 is 27.5 Å². The average Bonchev–Trinajstić information content (AvgIpc) is 3.48. The van der Waals surface area contributed by atoms with Crippen LogP contribution in [-0.2, 0) is 19.4 Å². The van der Waals surface area contributed by atoms with Crippen molar-refractivity contribution >= 4 is 38.8 Å². The predicted molar refractivity (Wildman–Crippen MR) is 119 cm³/mol. The molecule has 2 aliphatic rings. The fourth-order valence-electron chi connectivity index (χ4n) is 3.96. The van der Waals surface area contributed by atoms with Crippen molar-refractivity contribution in [2.75, 3.05) is 24.7 Å². The highest BCUT2D eigenvalue weighted by Crippen LogP contribution is 2.41. The lowest BCUT2D eigenvalue weighted by Crippen LogP contribution is -2.41. The molecular weight excluding hydrogens is 450 g/mol. The van der Waals surface area contributed by atoms with E-state index < -0.39 is 34.4 Å². The molecule has 4 rings (SSSR count). The Hall–Kier alpha value is -3.02. The zero-order chi connectivity index (χ0) is 23.8. The molecule has 1 aliphatic carbocycles. The lowest BCUT2D eigenvalue weighted by Gasteiger charge is -2.12. The number of rotatable bonds is 7. The normalized spacial score (nSPS) is 19.4. The molecule has 1 saturated heterocycles. The summed E-state index contributed by atoms with van der Waals surface area (Å²) in [5.74, 6) is -1.17. The van der Waals surface area contributed by atoms with Gasteiger partial charge in [0.25, 0.3) is 5.91 Å². The molecule has 3 heterocycles. The van der Waals surface area contributed by atoms with Crippen LogP contribution in [0.15, 0.2) is 6.07 Å². The monoisotopic (exact) mass is 477 g/mol. The van der Waals surface area contributed by atoms with E-state index in [2.05, 4.69) is 15.7 Å². The number of fused-ring (bicyclic) bond motifs is 1. The van der Waals surface area contributed by atoms with E-state index in [9.17, 15) is 22.8 Å². The van der Waals surface area contributed by atoms with Crippen LogP contribution < -0.4 is 10.6 Å². The quantitative estimate of drug-likeness (QED) is 0.568. The zero-order valence-corrected chi connectivity index (χ0v) is 19.4. The van der Waals surface area contributed by atoms with Gasteiger partial charge in [-0.15, -0.1) is 0 Å². The van der Waals surface area contributed by atoms with Gasteiger partial charge < -0.3 is 10.1 Å². The molecule has 0 spiro atoms. The lowest BCUT2D eigenvalue weighted by molar-refractivity contribution is -0.123. The number of carbonyl (C=O) groups excluding carboxylic acids is 3. The summed E-state index contributed by atoms with van der Waals surface area (Å²) in [6.07, 6.45) is 3.06. The third-order valence-electron chi connectivity index (χ3n) is 5.75. The van der Waals surface area contributed by atoms with Gasteiger partial charge in [-0.1, -0.05) is 6.92 Å². The van der Waals surface area contributed by atoms with Crippen molar-refractivity contribution in [2.24, 2.45) is 0 Å². The molecule has 1 atom stereocenters. The summed E-state index contributed by atoms with van der Waals surface area (Å²) < 4.78 is 30.8. The average molecular weight is 478 g/mol. The minimum atomic E-state index is -3.14. The number of nitrogens with one attached hydrogen (secondary N) is 2. The largest absolute Gasteiger partial charge is 0.452 e. The summed E-state index contributed by atoms with van der Waals surface area (Å²) in [5, 5.41) is 9.60. The number of amides is 3. The maximum absolute atomic E-state index is 12.9. The van der Waals surface area contributed by atoms with E-state index in [0.717, 1.165) is 25.0 Å². The fraction of sp³-hybridized carbons (Fsp3) is 0.571. The molecule has 11 nitrogen and oxygen atoms in total. The SMILES string of the molecule is CCCNC(=O)NC(=O)COC(=O)c1cc(C2CC2)nc2c1c(C)nn2C1CCS(=O)(=O)C1. The highest BCUT2D eigenvalue weighted by Gasteiger charge is 2.34. The van der Waals surface area contributed by atoms with Crippen molar-refractivity contribution in [1.82, 2.24) is 25.4 Å². The van der Waals surface area contributed by atoms with Gasteiger partial charge in [-0.3, -0.25) is 10.1 Å². The maximum Gasteiger partial charge on any atom is 0.339 e. The molecular formula is C21H27N5O6S. The topological polar surface area (TPSA) is 149 Å². The molecule has 0 radical (unpaired) electrons. The maximum atomic E-state index is 12.9. The molecule has 0 aromatic carbocycles. The van der Waals surface area contributed by atoms with E-state index >= 15 is 0 Å². The predicted octanol–water partition coefficient (Wildman–Crippen LogP) is 1.37. The number of hydrogen-bond acceptors (Lipinski definition) is 8. The fourth-order valence-corrected chi connectivity index (χ4v) is 5.65. The van der Waals surface area contributed by atoms with E-state index in [1.165, 1.54) is 0 Å². The van der Waals surface area contributed by atoms with Gasteiger partial charge in [0, 0.05) is 18.2 Å². The Morgan fingerprint density at radius 1 is 1.24 bits per heavy atom. The summed E-state index contributed by atoms with van der Waals surface area (Å²) in [7, 11) is -3.14. The molecule has 1 aliphatic heterocycles. The van der Waals surface area contributed by atoms with Crippen LogP contribution in [-0.4, -0.2) is 65.7 Å². The number of nitrogens with zero attached hydrogens (tertiary/aromatic N) is 3. The first-order valence-corrected chi connectivity index (χ1v) is 12.9. The summed E-state index contributed by atoms with van der Waals surface area (Å²) in [5.41, 5.74) is 1.93. The lowest BCUT2D eigenvalue weighted by atomic mass is 10.1. The van der Waals surface area contributed by atoms with Gasteiger partial charge in [-0.25, -0.2) is 27.7 Å². The van der Waals surface area contributed by atoms with E-state index in [0.29, 0.717) is 29.7 Å². The second-order valence-electron chi connectivity index (χ2n) is 8.53.